The molecule has 0 radical (unpaired) electrons. The van der Waals surface area contributed by atoms with Crippen LogP contribution in [0.4, 0.5) is 0 Å². The molecule has 0 saturated heterocycles. The fourth-order valence-electron chi connectivity index (χ4n) is 3.77. The molecule has 4 atom stereocenters. The van der Waals surface area contributed by atoms with Crippen molar-refractivity contribution in [1.82, 2.24) is 5.48 Å². The van der Waals surface area contributed by atoms with E-state index in [4.69, 9.17) is 10.0 Å². The number of carbonyl (C=O) groups is 1. The lowest BCUT2D eigenvalue weighted by Crippen LogP contribution is -2.51. The van der Waals surface area contributed by atoms with Crippen LogP contribution in [-0.2, 0) is 25.9 Å². The van der Waals surface area contributed by atoms with Crippen molar-refractivity contribution in [3.63, 3.8) is 0 Å². The number of benzene rings is 2. The Morgan fingerprint density at radius 2 is 1.65 bits per heavy atom. The average Bonchev–Trinajstić information content (AvgIpc) is 3.26. The zero-order valence-corrected chi connectivity index (χ0v) is 20.1. The lowest BCUT2D eigenvalue weighted by molar-refractivity contribution is -0.132. The largest absolute Gasteiger partial charge is 0.392 e. The molecule has 10 heteroatoms. The first-order chi connectivity index (χ1) is 15.9. The molecule has 34 heavy (non-hydrogen) atoms. The number of hydroxylamine groups is 1. The maximum atomic E-state index is 12.2. The number of aliphatic hydroxyl groups is 2. The summed E-state index contributed by atoms with van der Waals surface area (Å²) in [7, 11) is -3.83. The predicted molar refractivity (Wildman–Crippen MR) is 127 cm³/mol. The number of sulfone groups is 1. The summed E-state index contributed by atoms with van der Waals surface area (Å²) in [5, 5.41) is 32.3. The first kappa shape index (κ1) is 25.8. The molecule has 0 spiro atoms. The molecule has 1 aliphatic heterocycles. The van der Waals surface area contributed by atoms with Crippen molar-refractivity contribution in [3.05, 3.63) is 59.7 Å². The molecule has 0 aromatic heterocycles. The maximum absolute atomic E-state index is 12.2. The summed E-state index contributed by atoms with van der Waals surface area (Å²) in [6.07, 6.45) is -0.743. The van der Waals surface area contributed by atoms with Gasteiger partial charge in [0.05, 0.1) is 17.9 Å². The molecule has 1 aliphatic rings. The van der Waals surface area contributed by atoms with Crippen LogP contribution >= 0.6 is 0 Å². The Kier molecular flexibility index (Phi) is 7.77. The Morgan fingerprint density at radius 1 is 1.12 bits per heavy atom. The molecule has 0 saturated carbocycles. The topological polar surface area (TPSA) is 146 Å². The van der Waals surface area contributed by atoms with E-state index in [9.17, 15) is 23.4 Å². The van der Waals surface area contributed by atoms with Gasteiger partial charge in [-0.1, -0.05) is 53.7 Å². The van der Waals surface area contributed by atoms with Gasteiger partial charge in [0, 0.05) is 25.5 Å². The zero-order chi connectivity index (χ0) is 25.1. The van der Waals surface area contributed by atoms with Crippen LogP contribution in [0.1, 0.15) is 37.8 Å². The number of hydrogen-bond acceptors (Lipinski definition) is 8. The summed E-state index contributed by atoms with van der Waals surface area (Å²) in [6.45, 7) is 2.80. The highest BCUT2D eigenvalue weighted by Crippen LogP contribution is 2.30. The van der Waals surface area contributed by atoms with Gasteiger partial charge in [-0.25, -0.2) is 13.9 Å². The molecule has 1 amide bonds. The molecule has 0 aliphatic carbocycles. The van der Waals surface area contributed by atoms with E-state index < -0.39 is 38.8 Å². The SMILES string of the molecule is C[C@@H](O)[C@@H](O)Cc1ccc(-c2ccc(C3=NOC(CC(C)(C(=O)NO)S(C)(=O)=O)C3)cc2)cc1. The van der Waals surface area contributed by atoms with Gasteiger partial charge in [-0.15, -0.1) is 0 Å². The molecule has 184 valence electrons. The number of oxime groups is 1. The Bertz CT molecular complexity index is 1140. The average molecular weight is 491 g/mol. The molecule has 2 aromatic rings. The minimum Gasteiger partial charge on any atom is -0.392 e. The van der Waals surface area contributed by atoms with Gasteiger partial charge in [0.25, 0.3) is 5.91 Å². The van der Waals surface area contributed by atoms with E-state index in [2.05, 4.69) is 5.16 Å². The third kappa shape index (κ3) is 5.64. The van der Waals surface area contributed by atoms with Crippen molar-refractivity contribution >= 4 is 21.5 Å². The minimum atomic E-state index is -3.83. The Labute approximate surface area is 198 Å². The smallest absolute Gasteiger partial charge is 0.264 e. The second kappa shape index (κ2) is 10.2. The molecule has 2 aromatic carbocycles. The third-order valence-electron chi connectivity index (χ3n) is 6.26. The molecule has 3 rings (SSSR count). The van der Waals surface area contributed by atoms with Crippen LogP contribution < -0.4 is 5.48 Å². The fourth-order valence-corrected chi connectivity index (χ4v) is 4.64. The molecule has 0 bridgehead atoms. The summed E-state index contributed by atoms with van der Waals surface area (Å²) < 4.78 is 22.5. The second-order valence-electron chi connectivity index (χ2n) is 8.90. The van der Waals surface area contributed by atoms with E-state index in [0.717, 1.165) is 28.5 Å². The summed E-state index contributed by atoms with van der Waals surface area (Å²) >= 11 is 0. The quantitative estimate of drug-likeness (QED) is 0.310. The number of aliphatic hydroxyl groups excluding tert-OH is 2. The molecule has 4 N–H and O–H groups in total. The van der Waals surface area contributed by atoms with E-state index in [1.807, 2.05) is 48.5 Å². The molecule has 0 fully saturated rings. The molecular formula is C24H30N2O7S. The third-order valence-corrected chi connectivity index (χ3v) is 8.25. The van der Waals surface area contributed by atoms with Crippen molar-refractivity contribution < 1.29 is 33.5 Å². The monoisotopic (exact) mass is 490 g/mol. The number of nitrogens with zero attached hydrogens (tertiary/aromatic N) is 1. The highest BCUT2D eigenvalue weighted by molar-refractivity contribution is 7.92. The van der Waals surface area contributed by atoms with Crippen molar-refractivity contribution in [1.29, 1.82) is 0 Å². The summed E-state index contributed by atoms with van der Waals surface area (Å²) in [5.41, 5.74) is 5.78. The highest BCUT2D eigenvalue weighted by atomic mass is 32.2. The van der Waals surface area contributed by atoms with E-state index in [0.29, 0.717) is 18.6 Å². The van der Waals surface area contributed by atoms with E-state index in [1.54, 1.807) is 6.92 Å². The first-order valence-corrected chi connectivity index (χ1v) is 12.8. The number of rotatable bonds is 9. The van der Waals surface area contributed by atoms with Crippen LogP contribution in [0.15, 0.2) is 53.7 Å². The summed E-state index contributed by atoms with van der Waals surface area (Å²) in [6, 6.07) is 15.4. The van der Waals surface area contributed by atoms with Crippen LogP contribution in [0.25, 0.3) is 11.1 Å². The van der Waals surface area contributed by atoms with Gasteiger partial charge >= 0.3 is 0 Å². The van der Waals surface area contributed by atoms with Crippen LogP contribution in [0.2, 0.25) is 0 Å². The Balaban J connectivity index is 1.66. The van der Waals surface area contributed by atoms with Gasteiger partial charge in [-0.2, -0.15) is 0 Å². The normalized spacial score (nSPS) is 19.5. The summed E-state index contributed by atoms with van der Waals surface area (Å²) in [5.74, 6) is -1.01. The van der Waals surface area contributed by atoms with Gasteiger partial charge in [-0.3, -0.25) is 10.0 Å². The van der Waals surface area contributed by atoms with Gasteiger partial charge < -0.3 is 15.1 Å². The fraction of sp³-hybridized carbons (Fsp3) is 0.417. The molecular weight excluding hydrogens is 460 g/mol. The highest BCUT2D eigenvalue weighted by Gasteiger charge is 2.47. The van der Waals surface area contributed by atoms with Crippen molar-refractivity contribution in [2.24, 2.45) is 5.16 Å². The lowest BCUT2D eigenvalue weighted by atomic mass is 9.95. The first-order valence-electron chi connectivity index (χ1n) is 10.9. The number of hydrogen-bond donors (Lipinski definition) is 4. The summed E-state index contributed by atoms with van der Waals surface area (Å²) in [4.78, 5) is 17.4. The number of amides is 1. The standard InChI is InChI=1S/C24H30N2O7S/c1-15(27)22(28)12-16-4-6-17(7-5-16)18-8-10-19(11-9-18)21-13-20(33-26-21)14-24(2,23(29)25-30)34(3,31)32/h4-11,15,20,22,27-28,30H,12-14H2,1-3H3,(H,25,29)/t15-,20?,22+,24?/m1/s1. The van der Waals surface area contributed by atoms with Crippen molar-refractivity contribution in [2.45, 2.75) is 56.2 Å². The number of carbonyl (C=O) groups excluding carboxylic acids is 1. The van der Waals surface area contributed by atoms with Crippen LogP contribution in [0, 0.1) is 0 Å². The van der Waals surface area contributed by atoms with Crippen molar-refractivity contribution in [2.75, 3.05) is 6.26 Å². The minimum absolute atomic E-state index is 0.153. The van der Waals surface area contributed by atoms with Crippen molar-refractivity contribution in [3.8, 4) is 11.1 Å². The Morgan fingerprint density at radius 3 is 2.15 bits per heavy atom. The second-order valence-corrected chi connectivity index (χ2v) is 11.3. The van der Waals surface area contributed by atoms with E-state index >= 15 is 0 Å². The van der Waals surface area contributed by atoms with Gasteiger partial charge in [0.1, 0.15) is 6.10 Å². The van der Waals surface area contributed by atoms with E-state index in [1.165, 1.54) is 12.4 Å². The van der Waals surface area contributed by atoms with Gasteiger partial charge in [0.2, 0.25) is 0 Å². The van der Waals surface area contributed by atoms with Crippen LogP contribution in [-0.4, -0.2) is 64.8 Å². The maximum Gasteiger partial charge on any atom is 0.264 e. The predicted octanol–water partition coefficient (Wildman–Crippen LogP) is 1.83. The lowest BCUT2D eigenvalue weighted by Gasteiger charge is -2.26. The Hall–Kier alpha value is -2.79. The number of nitrogens with one attached hydrogen (secondary N) is 1. The molecule has 9 nitrogen and oxygen atoms in total. The molecule has 1 heterocycles. The van der Waals surface area contributed by atoms with E-state index in [-0.39, 0.29) is 6.42 Å². The van der Waals surface area contributed by atoms with Crippen LogP contribution in [0.5, 0.6) is 0 Å². The van der Waals surface area contributed by atoms with Crippen LogP contribution in [0.3, 0.4) is 0 Å². The van der Waals surface area contributed by atoms with Gasteiger partial charge in [-0.05, 0) is 36.1 Å². The van der Waals surface area contributed by atoms with Gasteiger partial charge in [0.15, 0.2) is 14.6 Å². The molecule has 2 unspecified atom stereocenters. The zero-order valence-electron chi connectivity index (χ0n) is 19.3.